The van der Waals surface area contributed by atoms with Gasteiger partial charge in [0, 0.05) is 39.3 Å². The first-order valence-corrected chi connectivity index (χ1v) is 9.17. The number of carbonyl (C=O) groups excluding carboxylic acids is 1. The van der Waals surface area contributed by atoms with Gasteiger partial charge in [-0.15, -0.1) is 24.0 Å². The summed E-state index contributed by atoms with van der Waals surface area (Å²) in [7, 11) is 0. The van der Waals surface area contributed by atoms with Gasteiger partial charge in [-0.1, -0.05) is 20.8 Å². The highest BCUT2D eigenvalue weighted by atomic mass is 127. The summed E-state index contributed by atoms with van der Waals surface area (Å²) < 4.78 is 5.83. The van der Waals surface area contributed by atoms with Crippen molar-refractivity contribution in [2.24, 2.45) is 10.9 Å². The second-order valence-electron chi connectivity index (χ2n) is 6.57. The monoisotopic (exact) mass is 469 g/mol. The lowest BCUT2D eigenvalue weighted by Gasteiger charge is -2.34. The molecule has 1 unspecified atom stereocenters. The molecule has 0 saturated carbocycles. The minimum Gasteiger partial charge on any atom is -0.374 e. The molecule has 0 aliphatic carbocycles. The van der Waals surface area contributed by atoms with Crippen molar-refractivity contribution < 1.29 is 9.53 Å². The first-order chi connectivity index (χ1) is 11.5. The molecular weight excluding hydrogens is 433 g/mol. The van der Waals surface area contributed by atoms with Crippen molar-refractivity contribution in [2.45, 2.75) is 40.2 Å². The topological polar surface area (TPSA) is 78.0 Å². The molecule has 8 heteroatoms. The van der Waals surface area contributed by atoms with Gasteiger partial charge in [-0.2, -0.15) is 0 Å². The van der Waals surface area contributed by atoms with Crippen LogP contribution in [0.2, 0.25) is 0 Å². The smallest absolute Gasteiger partial charge is 0.241 e. The van der Waals surface area contributed by atoms with Gasteiger partial charge in [0.05, 0.1) is 12.7 Å². The van der Waals surface area contributed by atoms with Crippen molar-refractivity contribution in [3.63, 3.8) is 0 Å². The van der Waals surface area contributed by atoms with E-state index in [1.807, 2.05) is 13.8 Å². The summed E-state index contributed by atoms with van der Waals surface area (Å²) in [5.41, 5.74) is 0. The Morgan fingerprint density at radius 1 is 1.28 bits per heavy atom. The van der Waals surface area contributed by atoms with E-state index in [4.69, 9.17) is 4.74 Å². The molecule has 3 N–H and O–H groups in total. The van der Waals surface area contributed by atoms with E-state index >= 15 is 0 Å². The third kappa shape index (κ3) is 11.6. The second kappa shape index (κ2) is 14.5. The number of ether oxygens (including phenoxy) is 1. The van der Waals surface area contributed by atoms with Crippen LogP contribution in [0.3, 0.4) is 0 Å². The molecule has 7 nitrogen and oxygen atoms in total. The van der Waals surface area contributed by atoms with E-state index in [1.165, 1.54) is 0 Å². The second-order valence-corrected chi connectivity index (χ2v) is 6.57. The fourth-order valence-corrected chi connectivity index (χ4v) is 2.61. The zero-order valence-electron chi connectivity index (χ0n) is 16.1. The quantitative estimate of drug-likeness (QED) is 0.267. The molecule has 25 heavy (non-hydrogen) atoms. The van der Waals surface area contributed by atoms with Crippen LogP contribution in [0.5, 0.6) is 0 Å². The highest BCUT2D eigenvalue weighted by molar-refractivity contribution is 14.0. The Kier molecular flexibility index (Phi) is 14.2. The summed E-state index contributed by atoms with van der Waals surface area (Å²) in [5.74, 6) is 1.28. The maximum Gasteiger partial charge on any atom is 0.241 e. The highest BCUT2D eigenvalue weighted by Gasteiger charge is 2.21. The average molecular weight is 469 g/mol. The Balaban J connectivity index is 0.00000576. The van der Waals surface area contributed by atoms with E-state index in [9.17, 15) is 4.79 Å². The lowest BCUT2D eigenvalue weighted by Crippen LogP contribution is -2.50. The molecule has 1 fully saturated rings. The van der Waals surface area contributed by atoms with Crippen molar-refractivity contribution in [1.29, 1.82) is 0 Å². The van der Waals surface area contributed by atoms with Crippen LogP contribution in [0.15, 0.2) is 4.99 Å². The third-order valence-corrected chi connectivity index (χ3v) is 3.64. The fourth-order valence-electron chi connectivity index (χ4n) is 2.61. The SMILES string of the molecule is CCCNC(=O)CN=C(NCC)NCC1CN(CC(C)C)CCO1.I. The first-order valence-electron chi connectivity index (χ1n) is 9.17. The summed E-state index contributed by atoms with van der Waals surface area (Å²) in [6.07, 6.45) is 1.08. The van der Waals surface area contributed by atoms with Gasteiger partial charge in [0.15, 0.2) is 5.96 Å². The van der Waals surface area contributed by atoms with E-state index < -0.39 is 0 Å². The summed E-state index contributed by atoms with van der Waals surface area (Å²) in [6.45, 7) is 14.6. The number of halogens is 1. The molecular formula is C17H36IN5O2. The Bertz CT molecular complexity index is 393. The molecule has 148 valence electrons. The van der Waals surface area contributed by atoms with Crippen LogP contribution < -0.4 is 16.0 Å². The molecule has 1 aliphatic heterocycles. The molecule has 1 heterocycles. The summed E-state index contributed by atoms with van der Waals surface area (Å²) in [5, 5.41) is 9.28. The Morgan fingerprint density at radius 3 is 2.68 bits per heavy atom. The molecule has 0 aromatic carbocycles. The lowest BCUT2D eigenvalue weighted by molar-refractivity contribution is -0.119. The van der Waals surface area contributed by atoms with Crippen LogP contribution in [0, 0.1) is 5.92 Å². The standard InChI is InChI=1S/C17H35N5O2.HI/c1-5-7-19-16(23)11-21-17(18-6-2)20-10-15-13-22(8-9-24-15)12-14(3)4;/h14-15H,5-13H2,1-4H3,(H,19,23)(H2,18,20,21);1H. The van der Waals surface area contributed by atoms with E-state index in [0.29, 0.717) is 25.0 Å². The van der Waals surface area contributed by atoms with E-state index in [0.717, 1.165) is 39.2 Å². The molecule has 1 rings (SSSR count). The van der Waals surface area contributed by atoms with Crippen LogP contribution in [-0.4, -0.2) is 75.3 Å². The molecule has 0 spiro atoms. The van der Waals surface area contributed by atoms with Gasteiger partial charge in [0.2, 0.25) is 5.91 Å². The summed E-state index contributed by atoms with van der Waals surface area (Å²) >= 11 is 0. The molecule has 0 aromatic heterocycles. The van der Waals surface area contributed by atoms with Crippen LogP contribution in [0.1, 0.15) is 34.1 Å². The van der Waals surface area contributed by atoms with Gasteiger partial charge in [0.1, 0.15) is 6.54 Å². The van der Waals surface area contributed by atoms with Gasteiger partial charge in [-0.05, 0) is 19.3 Å². The maximum absolute atomic E-state index is 11.7. The van der Waals surface area contributed by atoms with Crippen molar-refractivity contribution in [1.82, 2.24) is 20.9 Å². The fraction of sp³-hybridized carbons (Fsp3) is 0.882. The number of nitrogens with zero attached hydrogens (tertiary/aromatic N) is 2. The predicted molar refractivity (Wildman–Crippen MR) is 114 cm³/mol. The Labute approximate surface area is 169 Å². The Morgan fingerprint density at radius 2 is 2.04 bits per heavy atom. The van der Waals surface area contributed by atoms with Gasteiger partial charge in [0.25, 0.3) is 0 Å². The third-order valence-electron chi connectivity index (χ3n) is 3.64. The van der Waals surface area contributed by atoms with E-state index in [2.05, 4.69) is 39.7 Å². The normalized spacial score (nSPS) is 18.6. The van der Waals surface area contributed by atoms with Gasteiger partial charge in [-0.3, -0.25) is 9.69 Å². The van der Waals surface area contributed by atoms with E-state index in [-0.39, 0.29) is 42.5 Å². The van der Waals surface area contributed by atoms with Crippen LogP contribution in [0.4, 0.5) is 0 Å². The van der Waals surface area contributed by atoms with Crippen LogP contribution in [0.25, 0.3) is 0 Å². The zero-order chi connectivity index (χ0) is 17.8. The first kappa shape index (κ1) is 24.4. The number of aliphatic imine (C=N–C) groups is 1. The van der Waals surface area contributed by atoms with Crippen molar-refractivity contribution in [2.75, 3.05) is 52.4 Å². The minimum absolute atomic E-state index is 0. The van der Waals surface area contributed by atoms with Crippen molar-refractivity contribution >= 4 is 35.8 Å². The van der Waals surface area contributed by atoms with Gasteiger partial charge < -0.3 is 20.7 Å². The highest BCUT2D eigenvalue weighted by Crippen LogP contribution is 2.07. The number of hydrogen-bond donors (Lipinski definition) is 3. The minimum atomic E-state index is -0.0499. The van der Waals surface area contributed by atoms with Gasteiger partial charge in [-0.25, -0.2) is 4.99 Å². The number of guanidine groups is 1. The number of carbonyl (C=O) groups is 1. The van der Waals surface area contributed by atoms with Crippen molar-refractivity contribution in [3.05, 3.63) is 0 Å². The lowest BCUT2D eigenvalue weighted by atomic mass is 10.2. The van der Waals surface area contributed by atoms with Crippen LogP contribution in [-0.2, 0) is 9.53 Å². The number of rotatable bonds is 9. The zero-order valence-corrected chi connectivity index (χ0v) is 18.5. The van der Waals surface area contributed by atoms with Crippen molar-refractivity contribution in [3.8, 4) is 0 Å². The number of hydrogen-bond acceptors (Lipinski definition) is 4. The molecule has 1 saturated heterocycles. The predicted octanol–water partition coefficient (Wildman–Crippen LogP) is 1.04. The number of amides is 1. The maximum atomic E-state index is 11.7. The van der Waals surface area contributed by atoms with Gasteiger partial charge >= 0.3 is 0 Å². The largest absolute Gasteiger partial charge is 0.374 e. The Hall–Kier alpha value is -0.610. The summed E-state index contributed by atoms with van der Waals surface area (Å²) in [4.78, 5) is 18.4. The number of morpholine rings is 1. The molecule has 0 radical (unpaired) electrons. The molecule has 1 amide bonds. The average Bonchev–Trinajstić information content (AvgIpc) is 2.55. The molecule has 0 aromatic rings. The van der Waals surface area contributed by atoms with Crippen LogP contribution >= 0.6 is 24.0 Å². The molecule has 1 atom stereocenters. The molecule has 0 bridgehead atoms. The molecule has 1 aliphatic rings. The summed E-state index contributed by atoms with van der Waals surface area (Å²) in [6, 6.07) is 0. The number of nitrogens with one attached hydrogen (secondary N) is 3. The van der Waals surface area contributed by atoms with E-state index in [1.54, 1.807) is 0 Å².